The van der Waals surface area contributed by atoms with Crippen LogP contribution in [0.25, 0.3) is 0 Å². The number of halogens is 1. The van der Waals surface area contributed by atoms with Crippen molar-refractivity contribution < 1.29 is 0 Å². The van der Waals surface area contributed by atoms with Crippen LogP contribution >= 0.6 is 22.9 Å². The summed E-state index contributed by atoms with van der Waals surface area (Å²) in [6.07, 6.45) is 3.32. The number of nitrogens with zero attached hydrogens (tertiary/aromatic N) is 1. The van der Waals surface area contributed by atoms with Gasteiger partial charge in [-0.1, -0.05) is 37.1 Å². The predicted molar refractivity (Wildman–Crippen MR) is 87.7 cm³/mol. The first kappa shape index (κ1) is 15.5. The Morgan fingerprint density at radius 2 is 2.20 bits per heavy atom. The maximum atomic E-state index is 6.02. The minimum Gasteiger partial charge on any atom is -0.312 e. The number of unbranched alkanes of at least 4 members (excludes halogenated alkanes) is 1. The third-order valence-corrected chi connectivity index (χ3v) is 4.57. The fourth-order valence-corrected chi connectivity index (χ4v) is 3.34. The Hall–Kier alpha value is -0.900. The first-order valence-corrected chi connectivity index (χ1v) is 8.29. The van der Waals surface area contributed by atoms with E-state index in [1.165, 1.54) is 23.3 Å². The fraction of sp³-hybridized carbons (Fsp3) is 0.438. The molecule has 2 aromatic rings. The van der Waals surface area contributed by atoms with Crippen molar-refractivity contribution in [2.24, 2.45) is 0 Å². The zero-order chi connectivity index (χ0) is 14.4. The maximum absolute atomic E-state index is 6.02. The predicted octanol–water partition coefficient (Wildman–Crippen LogP) is 4.59. The molecule has 2 rings (SSSR count). The highest BCUT2D eigenvalue weighted by atomic mass is 35.5. The molecule has 1 heterocycles. The van der Waals surface area contributed by atoms with Gasteiger partial charge in [0.1, 0.15) is 0 Å². The molecule has 0 bridgehead atoms. The van der Waals surface area contributed by atoms with Crippen LogP contribution < -0.4 is 5.32 Å². The van der Waals surface area contributed by atoms with Crippen molar-refractivity contribution in [2.45, 2.75) is 39.7 Å². The molecular formula is C16H21ClN2S. The number of aromatic nitrogens is 1. The number of nitrogens with one attached hydrogen (secondary N) is 1. The van der Waals surface area contributed by atoms with E-state index in [0.29, 0.717) is 0 Å². The van der Waals surface area contributed by atoms with Crippen molar-refractivity contribution in [3.63, 3.8) is 0 Å². The van der Waals surface area contributed by atoms with Gasteiger partial charge in [0.05, 0.1) is 10.7 Å². The van der Waals surface area contributed by atoms with Crippen LogP contribution in [0.2, 0.25) is 5.02 Å². The number of thiazole rings is 1. The minimum atomic E-state index is 0.789. The molecule has 1 aromatic carbocycles. The molecule has 0 fully saturated rings. The van der Waals surface area contributed by atoms with E-state index < -0.39 is 0 Å². The summed E-state index contributed by atoms with van der Waals surface area (Å²) in [5.41, 5.74) is 2.37. The molecule has 4 heteroatoms. The van der Waals surface area contributed by atoms with E-state index in [1.54, 1.807) is 11.3 Å². The maximum Gasteiger partial charge on any atom is 0.0975 e. The average Bonchev–Trinajstić information content (AvgIpc) is 2.75. The van der Waals surface area contributed by atoms with E-state index in [9.17, 15) is 0 Å². The van der Waals surface area contributed by atoms with Gasteiger partial charge < -0.3 is 5.32 Å². The Morgan fingerprint density at radius 1 is 1.35 bits per heavy atom. The van der Waals surface area contributed by atoms with Crippen LogP contribution in [0.5, 0.6) is 0 Å². The molecule has 0 radical (unpaired) electrons. The summed E-state index contributed by atoms with van der Waals surface area (Å²) in [4.78, 5) is 6.02. The van der Waals surface area contributed by atoms with Gasteiger partial charge >= 0.3 is 0 Å². The molecule has 0 unspecified atom stereocenters. The Kier molecular flexibility index (Phi) is 6.02. The van der Waals surface area contributed by atoms with Gasteiger partial charge in [-0.25, -0.2) is 4.98 Å². The summed E-state index contributed by atoms with van der Waals surface area (Å²) in [7, 11) is 0. The van der Waals surface area contributed by atoms with E-state index in [4.69, 9.17) is 11.6 Å². The highest BCUT2D eigenvalue weighted by Crippen LogP contribution is 2.22. The monoisotopic (exact) mass is 308 g/mol. The van der Waals surface area contributed by atoms with Gasteiger partial charge in [0.15, 0.2) is 0 Å². The lowest BCUT2D eigenvalue weighted by Gasteiger charge is -2.01. The van der Waals surface area contributed by atoms with Crippen molar-refractivity contribution in [1.29, 1.82) is 0 Å². The van der Waals surface area contributed by atoms with Crippen LogP contribution in [0.15, 0.2) is 24.3 Å². The summed E-state index contributed by atoms with van der Waals surface area (Å²) in [6, 6.07) is 8.01. The Bertz CT molecular complexity index is 551. The largest absolute Gasteiger partial charge is 0.312 e. The lowest BCUT2D eigenvalue weighted by molar-refractivity contribution is 0.644. The van der Waals surface area contributed by atoms with Gasteiger partial charge in [0, 0.05) is 22.9 Å². The summed E-state index contributed by atoms with van der Waals surface area (Å²) >= 11 is 7.82. The molecule has 0 amide bonds. The number of rotatable bonds is 7. The third-order valence-electron chi connectivity index (χ3n) is 3.17. The van der Waals surface area contributed by atoms with E-state index in [2.05, 4.69) is 30.2 Å². The molecule has 0 saturated carbocycles. The summed E-state index contributed by atoms with van der Waals surface area (Å²) < 4.78 is 0. The highest BCUT2D eigenvalue weighted by molar-refractivity contribution is 7.11. The molecule has 0 aliphatic carbocycles. The molecule has 2 nitrogen and oxygen atoms in total. The molecule has 0 spiro atoms. The quantitative estimate of drug-likeness (QED) is 0.757. The third kappa shape index (κ3) is 4.58. The molecule has 0 atom stereocenters. The fourth-order valence-electron chi connectivity index (χ4n) is 2.05. The Balaban J connectivity index is 1.96. The first-order chi connectivity index (χ1) is 9.69. The van der Waals surface area contributed by atoms with Gasteiger partial charge in [0.2, 0.25) is 0 Å². The molecule has 1 N–H and O–H groups in total. The normalized spacial score (nSPS) is 10.9. The van der Waals surface area contributed by atoms with E-state index >= 15 is 0 Å². The van der Waals surface area contributed by atoms with Gasteiger partial charge in [0.25, 0.3) is 0 Å². The molecule has 1 aromatic heterocycles. The molecule has 20 heavy (non-hydrogen) atoms. The number of hydrogen-bond donors (Lipinski definition) is 1. The van der Waals surface area contributed by atoms with Crippen molar-refractivity contribution in [3.8, 4) is 0 Å². The molecule has 0 aliphatic heterocycles. The topological polar surface area (TPSA) is 24.9 Å². The molecule has 108 valence electrons. The summed E-state index contributed by atoms with van der Waals surface area (Å²) in [5.74, 6) is 0. The second-order valence-electron chi connectivity index (χ2n) is 4.95. The lowest BCUT2D eigenvalue weighted by Crippen LogP contribution is -2.14. The Morgan fingerprint density at radius 3 is 2.95 bits per heavy atom. The number of benzene rings is 1. The van der Waals surface area contributed by atoms with Crippen LogP contribution in [-0.2, 0) is 13.0 Å². The zero-order valence-electron chi connectivity index (χ0n) is 12.1. The van der Waals surface area contributed by atoms with Crippen LogP contribution in [0.3, 0.4) is 0 Å². The van der Waals surface area contributed by atoms with Crippen molar-refractivity contribution >= 4 is 22.9 Å². The van der Waals surface area contributed by atoms with Gasteiger partial charge in [-0.15, -0.1) is 11.3 Å². The smallest absolute Gasteiger partial charge is 0.0975 e. The summed E-state index contributed by atoms with van der Waals surface area (Å²) in [5, 5.41) is 5.43. The van der Waals surface area contributed by atoms with Gasteiger partial charge in [-0.05, 0) is 37.6 Å². The SMILES string of the molecule is CCCCNCc1sc(Cc2cccc(Cl)c2)nc1C. The highest BCUT2D eigenvalue weighted by Gasteiger charge is 2.08. The zero-order valence-corrected chi connectivity index (χ0v) is 13.7. The second kappa shape index (κ2) is 7.77. The summed E-state index contributed by atoms with van der Waals surface area (Å²) in [6.45, 7) is 6.31. The van der Waals surface area contributed by atoms with Crippen LogP contribution in [-0.4, -0.2) is 11.5 Å². The molecule has 0 aliphatic rings. The second-order valence-corrected chi connectivity index (χ2v) is 6.56. The van der Waals surface area contributed by atoms with Crippen molar-refractivity contribution in [2.75, 3.05) is 6.54 Å². The first-order valence-electron chi connectivity index (χ1n) is 7.09. The molecular weight excluding hydrogens is 288 g/mol. The van der Waals surface area contributed by atoms with E-state index in [1.807, 2.05) is 18.2 Å². The van der Waals surface area contributed by atoms with Crippen LogP contribution in [0, 0.1) is 6.92 Å². The minimum absolute atomic E-state index is 0.789. The Labute approximate surface area is 130 Å². The van der Waals surface area contributed by atoms with Crippen LogP contribution in [0.4, 0.5) is 0 Å². The van der Waals surface area contributed by atoms with Gasteiger partial charge in [-0.3, -0.25) is 0 Å². The standard InChI is InChI=1S/C16H21ClN2S/c1-3-4-8-18-11-15-12(2)19-16(20-15)10-13-6-5-7-14(17)9-13/h5-7,9,18H,3-4,8,10-11H2,1-2H3. The van der Waals surface area contributed by atoms with E-state index in [0.717, 1.165) is 35.2 Å². The molecule has 0 saturated heterocycles. The average molecular weight is 309 g/mol. The lowest BCUT2D eigenvalue weighted by atomic mass is 10.2. The van der Waals surface area contributed by atoms with Crippen molar-refractivity contribution in [3.05, 3.63) is 50.4 Å². The number of aryl methyl sites for hydroxylation is 1. The van der Waals surface area contributed by atoms with Crippen LogP contribution in [0.1, 0.15) is 40.9 Å². The number of hydrogen-bond acceptors (Lipinski definition) is 3. The van der Waals surface area contributed by atoms with Crippen molar-refractivity contribution in [1.82, 2.24) is 10.3 Å². The van der Waals surface area contributed by atoms with E-state index in [-0.39, 0.29) is 0 Å². The van der Waals surface area contributed by atoms with Gasteiger partial charge in [-0.2, -0.15) is 0 Å².